The maximum atomic E-state index is 11.8. The van der Waals surface area contributed by atoms with Crippen LogP contribution in [0.1, 0.15) is 19.8 Å². The van der Waals surface area contributed by atoms with Gasteiger partial charge in [-0.05, 0) is 31.9 Å². The summed E-state index contributed by atoms with van der Waals surface area (Å²) in [4.78, 5) is 15.6. The summed E-state index contributed by atoms with van der Waals surface area (Å²) < 4.78 is 5.46. The van der Waals surface area contributed by atoms with Crippen LogP contribution in [0.2, 0.25) is 5.15 Å². The van der Waals surface area contributed by atoms with Crippen LogP contribution in [0.25, 0.3) is 0 Å². The topological polar surface area (TPSA) is 51.2 Å². The zero-order chi connectivity index (χ0) is 11.5. The second kappa shape index (κ2) is 4.80. The number of ether oxygens (including phenoxy) is 1. The van der Waals surface area contributed by atoms with Gasteiger partial charge in [-0.15, -0.1) is 0 Å². The highest BCUT2D eigenvalue weighted by Crippen LogP contribution is 2.21. The largest absolute Gasteiger partial charge is 0.365 e. The van der Waals surface area contributed by atoms with Gasteiger partial charge in [0, 0.05) is 11.9 Å². The first kappa shape index (κ1) is 11.4. The monoisotopic (exact) mass is 240 g/mol. The van der Waals surface area contributed by atoms with Crippen LogP contribution in [-0.4, -0.2) is 23.1 Å². The van der Waals surface area contributed by atoms with Gasteiger partial charge in [0.1, 0.15) is 11.3 Å². The minimum Gasteiger partial charge on any atom is -0.365 e. The third-order valence-corrected chi connectivity index (χ3v) is 2.73. The predicted octanol–water partition coefficient (Wildman–Crippen LogP) is 2.24. The van der Waals surface area contributed by atoms with Gasteiger partial charge >= 0.3 is 0 Å². The first-order valence-corrected chi connectivity index (χ1v) is 5.61. The predicted molar refractivity (Wildman–Crippen MR) is 61.4 cm³/mol. The third-order valence-electron chi connectivity index (χ3n) is 2.52. The molecule has 0 aromatic carbocycles. The Morgan fingerprint density at radius 3 is 3.06 bits per heavy atom. The molecule has 16 heavy (non-hydrogen) atoms. The quantitative estimate of drug-likeness (QED) is 0.807. The molecule has 4 nitrogen and oxygen atoms in total. The molecular formula is C11H13ClN2O2. The fourth-order valence-electron chi connectivity index (χ4n) is 1.70. The molecule has 2 heterocycles. The van der Waals surface area contributed by atoms with Crippen LogP contribution >= 0.6 is 11.6 Å². The number of anilines is 1. The molecule has 1 aliphatic rings. The molecule has 0 aliphatic carbocycles. The van der Waals surface area contributed by atoms with Gasteiger partial charge in [-0.2, -0.15) is 0 Å². The highest BCUT2D eigenvalue weighted by Gasteiger charge is 2.28. The number of nitrogens with zero attached hydrogens (tertiary/aromatic N) is 1. The van der Waals surface area contributed by atoms with Crippen molar-refractivity contribution < 1.29 is 9.53 Å². The van der Waals surface area contributed by atoms with E-state index < -0.39 is 0 Å². The van der Waals surface area contributed by atoms with E-state index in [0.29, 0.717) is 10.8 Å². The number of amides is 1. The molecule has 1 aliphatic heterocycles. The van der Waals surface area contributed by atoms with Gasteiger partial charge in [-0.1, -0.05) is 11.6 Å². The molecule has 1 aromatic heterocycles. The van der Waals surface area contributed by atoms with Crippen LogP contribution in [-0.2, 0) is 9.53 Å². The number of carbonyl (C=O) groups excluding carboxylic acids is 1. The highest BCUT2D eigenvalue weighted by molar-refractivity contribution is 6.29. The lowest BCUT2D eigenvalue weighted by Crippen LogP contribution is -2.27. The normalized spacial score (nSPS) is 24.4. The molecule has 1 saturated heterocycles. The molecular weight excluding hydrogens is 228 g/mol. The van der Waals surface area contributed by atoms with Crippen molar-refractivity contribution in [1.82, 2.24) is 4.98 Å². The van der Waals surface area contributed by atoms with Crippen LogP contribution in [0, 0.1) is 0 Å². The number of halogens is 1. The first-order chi connectivity index (χ1) is 7.65. The third kappa shape index (κ3) is 2.71. The van der Waals surface area contributed by atoms with Crippen LogP contribution in [0.4, 0.5) is 5.69 Å². The van der Waals surface area contributed by atoms with Crippen LogP contribution in [0.3, 0.4) is 0 Å². The van der Waals surface area contributed by atoms with Crippen molar-refractivity contribution >= 4 is 23.2 Å². The molecule has 2 atom stereocenters. The van der Waals surface area contributed by atoms with E-state index in [1.807, 2.05) is 6.92 Å². The summed E-state index contributed by atoms with van der Waals surface area (Å²) in [7, 11) is 0. The number of carbonyl (C=O) groups is 1. The Hall–Kier alpha value is -1.13. The first-order valence-electron chi connectivity index (χ1n) is 5.23. The van der Waals surface area contributed by atoms with Crippen molar-refractivity contribution in [2.45, 2.75) is 32.0 Å². The minimum atomic E-state index is -0.345. The molecule has 2 unspecified atom stereocenters. The maximum Gasteiger partial charge on any atom is 0.253 e. The molecule has 5 heteroatoms. The smallest absolute Gasteiger partial charge is 0.253 e. The van der Waals surface area contributed by atoms with E-state index in [1.54, 1.807) is 18.3 Å². The lowest BCUT2D eigenvalue weighted by atomic mass is 10.2. The van der Waals surface area contributed by atoms with E-state index in [1.165, 1.54) is 0 Å². The summed E-state index contributed by atoms with van der Waals surface area (Å²) >= 11 is 5.72. The molecule has 86 valence electrons. The zero-order valence-corrected chi connectivity index (χ0v) is 9.70. The van der Waals surface area contributed by atoms with Gasteiger partial charge in [0.15, 0.2) is 0 Å². The van der Waals surface area contributed by atoms with Gasteiger partial charge < -0.3 is 10.1 Å². The van der Waals surface area contributed by atoms with Gasteiger partial charge in [-0.25, -0.2) is 4.98 Å². The van der Waals surface area contributed by atoms with Crippen LogP contribution in [0.15, 0.2) is 18.3 Å². The SMILES string of the molecule is CC1CCC(C(=O)Nc2ccnc(Cl)c2)O1. The van der Waals surface area contributed by atoms with Crippen LogP contribution < -0.4 is 5.32 Å². The fourth-order valence-corrected chi connectivity index (χ4v) is 1.87. The standard InChI is InChI=1S/C11H13ClN2O2/c1-7-2-3-9(16-7)11(15)14-8-4-5-13-10(12)6-8/h4-7,9H,2-3H2,1H3,(H,13,14,15). The average Bonchev–Trinajstić information content (AvgIpc) is 2.65. The Kier molecular flexibility index (Phi) is 3.41. The Balaban J connectivity index is 1.97. The van der Waals surface area contributed by atoms with Crippen molar-refractivity contribution in [3.05, 3.63) is 23.5 Å². The molecule has 1 fully saturated rings. The zero-order valence-electron chi connectivity index (χ0n) is 8.94. The second-order valence-electron chi connectivity index (χ2n) is 3.87. The van der Waals surface area contributed by atoms with Crippen molar-refractivity contribution in [2.24, 2.45) is 0 Å². The Morgan fingerprint density at radius 1 is 1.62 bits per heavy atom. The van der Waals surface area contributed by atoms with Crippen molar-refractivity contribution in [3.63, 3.8) is 0 Å². The minimum absolute atomic E-state index is 0.119. The van der Waals surface area contributed by atoms with Gasteiger partial charge in [0.25, 0.3) is 5.91 Å². The van der Waals surface area contributed by atoms with E-state index in [2.05, 4.69) is 10.3 Å². The summed E-state index contributed by atoms with van der Waals surface area (Å²) in [6, 6.07) is 3.31. The molecule has 0 spiro atoms. The van der Waals surface area contributed by atoms with E-state index in [4.69, 9.17) is 16.3 Å². The molecule has 1 aromatic rings. The molecule has 1 amide bonds. The molecule has 0 radical (unpaired) electrons. The van der Waals surface area contributed by atoms with Gasteiger partial charge in [0.05, 0.1) is 6.10 Å². The number of hydrogen-bond acceptors (Lipinski definition) is 3. The maximum absolute atomic E-state index is 11.8. The second-order valence-corrected chi connectivity index (χ2v) is 4.26. The van der Waals surface area contributed by atoms with Gasteiger partial charge in [-0.3, -0.25) is 4.79 Å². The van der Waals surface area contributed by atoms with E-state index >= 15 is 0 Å². The van der Waals surface area contributed by atoms with E-state index in [9.17, 15) is 4.79 Å². The number of pyridine rings is 1. The molecule has 2 rings (SSSR count). The van der Waals surface area contributed by atoms with Crippen LogP contribution in [0.5, 0.6) is 0 Å². The van der Waals surface area contributed by atoms with E-state index in [0.717, 1.165) is 12.8 Å². The summed E-state index contributed by atoms with van der Waals surface area (Å²) in [5.74, 6) is -0.119. The Bertz CT molecular complexity index is 397. The number of rotatable bonds is 2. The molecule has 0 saturated carbocycles. The van der Waals surface area contributed by atoms with Gasteiger partial charge in [0.2, 0.25) is 0 Å². The fraction of sp³-hybridized carbons (Fsp3) is 0.455. The number of aromatic nitrogens is 1. The van der Waals surface area contributed by atoms with Crippen molar-refractivity contribution in [2.75, 3.05) is 5.32 Å². The average molecular weight is 241 g/mol. The van der Waals surface area contributed by atoms with Crippen molar-refractivity contribution in [3.8, 4) is 0 Å². The Labute approximate surface area is 99.0 Å². The molecule has 1 N–H and O–H groups in total. The summed E-state index contributed by atoms with van der Waals surface area (Å²) in [5, 5.41) is 3.12. The summed E-state index contributed by atoms with van der Waals surface area (Å²) in [6.45, 7) is 1.97. The lowest BCUT2D eigenvalue weighted by Gasteiger charge is -2.11. The number of nitrogens with one attached hydrogen (secondary N) is 1. The highest BCUT2D eigenvalue weighted by atomic mass is 35.5. The van der Waals surface area contributed by atoms with Crippen molar-refractivity contribution in [1.29, 1.82) is 0 Å². The van der Waals surface area contributed by atoms with E-state index in [-0.39, 0.29) is 18.1 Å². The summed E-state index contributed by atoms with van der Waals surface area (Å²) in [5.41, 5.74) is 0.646. The lowest BCUT2D eigenvalue weighted by molar-refractivity contribution is -0.126. The number of hydrogen-bond donors (Lipinski definition) is 1. The Morgan fingerprint density at radius 2 is 2.44 bits per heavy atom. The molecule has 0 bridgehead atoms. The summed E-state index contributed by atoms with van der Waals surface area (Å²) in [6.07, 6.45) is 3.07.